The van der Waals surface area contributed by atoms with Gasteiger partial charge in [-0.25, -0.2) is 0 Å². The summed E-state index contributed by atoms with van der Waals surface area (Å²) in [5.41, 5.74) is 5.27. The SMILES string of the molecule is CC(C)(N)CC(=O)c1sccc1Cl. The average Bonchev–Trinajstić information content (AvgIpc) is 2.30. The van der Waals surface area contributed by atoms with E-state index >= 15 is 0 Å². The van der Waals surface area contributed by atoms with Crippen molar-refractivity contribution in [2.24, 2.45) is 5.73 Å². The molecule has 1 aromatic rings. The monoisotopic (exact) mass is 217 g/mol. The van der Waals surface area contributed by atoms with Crippen molar-refractivity contribution in [2.75, 3.05) is 0 Å². The highest BCUT2D eigenvalue weighted by molar-refractivity contribution is 7.12. The summed E-state index contributed by atoms with van der Waals surface area (Å²) in [4.78, 5) is 12.2. The van der Waals surface area contributed by atoms with Gasteiger partial charge in [0.2, 0.25) is 0 Å². The third-order valence-corrected chi connectivity index (χ3v) is 2.87. The van der Waals surface area contributed by atoms with Crippen molar-refractivity contribution in [1.29, 1.82) is 0 Å². The molecule has 0 aliphatic rings. The number of ketones is 1. The summed E-state index contributed by atoms with van der Waals surface area (Å²) >= 11 is 7.17. The Labute approximate surface area is 86.7 Å². The zero-order chi connectivity index (χ0) is 10.1. The van der Waals surface area contributed by atoms with Crippen LogP contribution in [0.4, 0.5) is 0 Å². The minimum absolute atomic E-state index is 0.0208. The summed E-state index contributed by atoms with van der Waals surface area (Å²) < 4.78 is 0. The van der Waals surface area contributed by atoms with Crippen molar-refractivity contribution >= 4 is 28.7 Å². The first-order valence-corrected chi connectivity index (χ1v) is 5.21. The summed E-state index contributed by atoms with van der Waals surface area (Å²) in [6.07, 6.45) is 0.327. The van der Waals surface area contributed by atoms with E-state index in [1.54, 1.807) is 11.4 Å². The number of carbonyl (C=O) groups is 1. The third kappa shape index (κ3) is 3.10. The van der Waals surface area contributed by atoms with Crippen LogP contribution in [-0.2, 0) is 0 Å². The van der Waals surface area contributed by atoms with Crippen LogP contribution < -0.4 is 5.73 Å². The van der Waals surface area contributed by atoms with E-state index in [9.17, 15) is 4.79 Å². The molecule has 0 fully saturated rings. The van der Waals surface area contributed by atoms with Gasteiger partial charge in [0.25, 0.3) is 0 Å². The molecule has 0 atom stereocenters. The lowest BCUT2D eigenvalue weighted by molar-refractivity contribution is 0.0964. The average molecular weight is 218 g/mol. The van der Waals surface area contributed by atoms with Crippen LogP contribution >= 0.6 is 22.9 Å². The molecule has 0 aliphatic heterocycles. The maximum Gasteiger partial charge on any atom is 0.176 e. The van der Waals surface area contributed by atoms with Crippen molar-refractivity contribution in [3.8, 4) is 0 Å². The molecule has 0 unspecified atom stereocenters. The third-order valence-electron chi connectivity index (χ3n) is 1.49. The fourth-order valence-corrected chi connectivity index (χ4v) is 2.09. The first-order valence-electron chi connectivity index (χ1n) is 3.95. The second-order valence-corrected chi connectivity index (χ2v) is 5.01. The molecule has 0 aromatic carbocycles. The zero-order valence-corrected chi connectivity index (χ0v) is 9.21. The molecule has 0 spiro atoms. The topological polar surface area (TPSA) is 43.1 Å². The van der Waals surface area contributed by atoms with Gasteiger partial charge in [0.05, 0.1) is 9.90 Å². The predicted molar refractivity (Wildman–Crippen MR) is 56.5 cm³/mol. The lowest BCUT2D eigenvalue weighted by atomic mass is 9.99. The Hall–Kier alpha value is -0.380. The van der Waals surface area contributed by atoms with Crippen LogP contribution in [0.5, 0.6) is 0 Å². The number of thiophene rings is 1. The normalized spacial score (nSPS) is 11.7. The van der Waals surface area contributed by atoms with Gasteiger partial charge in [0.15, 0.2) is 5.78 Å². The summed E-state index contributed by atoms with van der Waals surface area (Å²) in [7, 11) is 0. The molecule has 1 rings (SSSR count). The first kappa shape index (κ1) is 10.7. The van der Waals surface area contributed by atoms with Crippen molar-refractivity contribution in [3.63, 3.8) is 0 Å². The van der Waals surface area contributed by atoms with Crippen LogP contribution in [0.3, 0.4) is 0 Å². The van der Waals surface area contributed by atoms with Gasteiger partial charge in [-0.1, -0.05) is 11.6 Å². The molecule has 0 radical (unpaired) electrons. The van der Waals surface area contributed by atoms with E-state index in [-0.39, 0.29) is 5.78 Å². The van der Waals surface area contributed by atoms with E-state index in [4.69, 9.17) is 17.3 Å². The van der Waals surface area contributed by atoms with E-state index in [2.05, 4.69) is 0 Å². The Morgan fingerprint density at radius 3 is 2.69 bits per heavy atom. The smallest absolute Gasteiger partial charge is 0.176 e. The van der Waals surface area contributed by atoms with Gasteiger partial charge in [0.1, 0.15) is 0 Å². The van der Waals surface area contributed by atoms with Crippen LogP contribution in [0.1, 0.15) is 29.9 Å². The van der Waals surface area contributed by atoms with Crippen LogP contribution in [-0.4, -0.2) is 11.3 Å². The number of Topliss-reactive ketones (excluding diaryl/α,β-unsaturated/α-hetero) is 1. The van der Waals surface area contributed by atoms with Gasteiger partial charge in [-0.2, -0.15) is 0 Å². The van der Waals surface area contributed by atoms with Crippen molar-refractivity contribution in [2.45, 2.75) is 25.8 Å². The standard InChI is InChI=1S/C9H12ClNOS/c1-9(2,11)5-7(12)8-6(10)3-4-13-8/h3-4H,5,11H2,1-2H3. The number of hydrogen-bond donors (Lipinski definition) is 1. The van der Waals surface area contributed by atoms with Crippen LogP contribution in [0.25, 0.3) is 0 Å². The summed E-state index contributed by atoms with van der Waals surface area (Å²) in [5, 5.41) is 2.33. The second-order valence-electron chi connectivity index (χ2n) is 3.69. The summed E-state index contributed by atoms with van der Waals surface area (Å²) in [5.74, 6) is 0.0208. The quantitative estimate of drug-likeness (QED) is 0.792. The molecular weight excluding hydrogens is 206 g/mol. The molecule has 0 saturated heterocycles. The van der Waals surface area contributed by atoms with E-state index in [1.165, 1.54) is 11.3 Å². The molecule has 0 saturated carbocycles. The van der Waals surface area contributed by atoms with Crippen LogP contribution in [0.15, 0.2) is 11.4 Å². The number of rotatable bonds is 3. The molecule has 0 aliphatic carbocycles. The first-order chi connectivity index (χ1) is 5.90. The molecule has 2 nitrogen and oxygen atoms in total. The highest BCUT2D eigenvalue weighted by atomic mass is 35.5. The maximum atomic E-state index is 11.6. The Morgan fingerprint density at radius 2 is 2.31 bits per heavy atom. The van der Waals surface area contributed by atoms with Gasteiger partial charge in [-0.3, -0.25) is 4.79 Å². The molecule has 1 heterocycles. The maximum absolute atomic E-state index is 11.6. The van der Waals surface area contributed by atoms with Gasteiger partial charge in [0, 0.05) is 12.0 Å². The van der Waals surface area contributed by atoms with Crippen LogP contribution in [0, 0.1) is 0 Å². The number of hydrogen-bond acceptors (Lipinski definition) is 3. The molecule has 1 aromatic heterocycles. The molecule has 0 amide bonds. The Bertz CT molecular complexity index is 314. The van der Waals surface area contributed by atoms with Gasteiger partial charge < -0.3 is 5.73 Å². The minimum atomic E-state index is -0.468. The number of nitrogens with two attached hydrogens (primary N) is 1. The lowest BCUT2D eigenvalue weighted by Gasteiger charge is -2.16. The van der Waals surface area contributed by atoms with Gasteiger partial charge >= 0.3 is 0 Å². The second kappa shape index (κ2) is 3.78. The van der Waals surface area contributed by atoms with E-state index in [0.29, 0.717) is 16.3 Å². The van der Waals surface area contributed by atoms with Crippen molar-refractivity contribution in [3.05, 3.63) is 21.3 Å². The highest BCUT2D eigenvalue weighted by Gasteiger charge is 2.20. The summed E-state index contributed by atoms with van der Waals surface area (Å²) in [6.45, 7) is 3.65. The molecular formula is C9H12ClNOS. The molecule has 0 bridgehead atoms. The van der Waals surface area contributed by atoms with E-state index in [0.717, 1.165) is 0 Å². The fourth-order valence-electron chi connectivity index (χ4n) is 0.987. The van der Waals surface area contributed by atoms with E-state index in [1.807, 2.05) is 13.8 Å². The molecule has 2 N–H and O–H groups in total. The van der Waals surface area contributed by atoms with Gasteiger partial charge in [-0.05, 0) is 25.3 Å². The Balaban J connectivity index is 2.76. The largest absolute Gasteiger partial charge is 0.325 e. The molecule has 13 heavy (non-hydrogen) atoms. The molecule has 72 valence electrons. The van der Waals surface area contributed by atoms with Crippen LogP contribution in [0.2, 0.25) is 5.02 Å². The zero-order valence-electron chi connectivity index (χ0n) is 7.63. The predicted octanol–water partition coefficient (Wildman–Crippen LogP) is 2.71. The number of halogens is 1. The van der Waals surface area contributed by atoms with Crippen molar-refractivity contribution in [1.82, 2.24) is 0 Å². The summed E-state index contributed by atoms with van der Waals surface area (Å²) in [6, 6.07) is 1.73. The fraction of sp³-hybridized carbons (Fsp3) is 0.444. The van der Waals surface area contributed by atoms with E-state index < -0.39 is 5.54 Å². The van der Waals surface area contributed by atoms with Gasteiger partial charge in [-0.15, -0.1) is 11.3 Å². The highest BCUT2D eigenvalue weighted by Crippen LogP contribution is 2.24. The van der Waals surface area contributed by atoms with Crippen molar-refractivity contribution < 1.29 is 4.79 Å². The Morgan fingerprint density at radius 1 is 1.69 bits per heavy atom. The minimum Gasteiger partial charge on any atom is -0.325 e. The molecule has 4 heteroatoms. The Kier molecular flexibility index (Phi) is 3.11. The number of carbonyl (C=O) groups excluding carboxylic acids is 1. The lowest BCUT2D eigenvalue weighted by Crippen LogP contribution is -2.34.